The van der Waals surface area contributed by atoms with Gasteiger partial charge in [-0.2, -0.15) is 0 Å². The number of aromatic nitrogens is 1. The molecular formula is C16H17ClN4O. The van der Waals surface area contributed by atoms with Crippen molar-refractivity contribution in [2.24, 2.45) is 0 Å². The monoisotopic (exact) mass is 316 g/mol. The minimum Gasteiger partial charge on any atom is -0.366 e. The summed E-state index contributed by atoms with van der Waals surface area (Å²) >= 11 is 5.85. The van der Waals surface area contributed by atoms with E-state index in [1.165, 1.54) is 0 Å². The van der Waals surface area contributed by atoms with Crippen molar-refractivity contribution in [1.82, 2.24) is 10.3 Å². The number of carbonyl (C=O) groups is 1. The van der Waals surface area contributed by atoms with Crippen molar-refractivity contribution in [2.45, 2.75) is 25.4 Å². The van der Waals surface area contributed by atoms with E-state index in [1.54, 1.807) is 6.20 Å². The van der Waals surface area contributed by atoms with Gasteiger partial charge in [-0.3, -0.25) is 0 Å². The van der Waals surface area contributed by atoms with Gasteiger partial charge >= 0.3 is 6.03 Å². The number of anilines is 2. The molecular weight excluding hydrogens is 300 g/mol. The van der Waals surface area contributed by atoms with Crippen molar-refractivity contribution in [3.8, 4) is 0 Å². The molecule has 0 bridgehead atoms. The summed E-state index contributed by atoms with van der Waals surface area (Å²) in [6, 6.07) is 11.5. The molecule has 0 aliphatic heterocycles. The van der Waals surface area contributed by atoms with Gasteiger partial charge in [-0.25, -0.2) is 9.78 Å². The van der Waals surface area contributed by atoms with Crippen molar-refractivity contribution >= 4 is 29.1 Å². The molecule has 0 radical (unpaired) electrons. The highest BCUT2D eigenvalue weighted by molar-refractivity contribution is 6.30. The summed E-state index contributed by atoms with van der Waals surface area (Å²) in [6.07, 6.45) is 3.77. The minimum atomic E-state index is -0.175. The van der Waals surface area contributed by atoms with E-state index < -0.39 is 0 Å². The molecule has 3 N–H and O–H groups in total. The first-order chi connectivity index (χ1) is 10.7. The molecule has 114 valence electrons. The number of carbonyl (C=O) groups excluding carboxylic acids is 1. The van der Waals surface area contributed by atoms with Gasteiger partial charge in [0.1, 0.15) is 5.82 Å². The van der Waals surface area contributed by atoms with Crippen LogP contribution in [0.25, 0.3) is 0 Å². The predicted octanol–water partition coefficient (Wildman–Crippen LogP) is 3.63. The lowest BCUT2D eigenvalue weighted by atomic mass is 10.2. The van der Waals surface area contributed by atoms with E-state index in [-0.39, 0.29) is 6.03 Å². The molecule has 0 atom stereocenters. The van der Waals surface area contributed by atoms with Gasteiger partial charge in [0.2, 0.25) is 0 Å². The van der Waals surface area contributed by atoms with Crippen LogP contribution in [0, 0.1) is 0 Å². The molecule has 0 saturated heterocycles. The second-order valence-electron chi connectivity index (χ2n) is 5.28. The third kappa shape index (κ3) is 4.36. The first kappa shape index (κ1) is 14.7. The second-order valence-corrected chi connectivity index (χ2v) is 5.72. The van der Waals surface area contributed by atoms with Gasteiger partial charge < -0.3 is 16.0 Å². The third-order valence-corrected chi connectivity index (χ3v) is 3.57. The molecule has 3 rings (SSSR count). The highest BCUT2D eigenvalue weighted by Gasteiger charge is 2.23. The molecule has 5 nitrogen and oxygen atoms in total. The predicted molar refractivity (Wildman–Crippen MR) is 88.2 cm³/mol. The molecule has 2 aromatic rings. The van der Waals surface area contributed by atoms with Crippen LogP contribution in [-0.2, 0) is 6.54 Å². The number of halogens is 1. The van der Waals surface area contributed by atoms with Crippen LogP contribution >= 0.6 is 11.6 Å². The van der Waals surface area contributed by atoms with E-state index in [4.69, 9.17) is 11.6 Å². The zero-order valence-corrected chi connectivity index (χ0v) is 12.7. The summed E-state index contributed by atoms with van der Waals surface area (Å²) in [5.74, 6) is 0.753. The van der Waals surface area contributed by atoms with Gasteiger partial charge in [-0.05, 0) is 42.7 Å². The maximum Gasteiger partial charge on any atom is 0.319 e. The quantitative estimate of drug-likeness (QED) is 0.789. The number of rotatable bonds is 5. The number of urea groups is 1. The largest absolute Gasteiger partial charge is 0.366 e. The molecule has 1 aliphatic carbocycles. The number of nitrogens with zero attached hydrogens (tertiary/aromatic N) is 1. The summed E-state index contributed by atoms with van der Waals surface area (Å²) in [5.41, 5.74) is 1.80. The van der Waals surface area contributed by atoms with Crippen molar-refractivity contribution in [3.05, 3.63) is 53.2 Å². The molecule has 1 aromatic carbocycles. The molecule has 1 fully saturated rings. The van der Waals surface area contributed by atoms with Gasteiger partial charge in [0.05, 0.1) is 11.9 Å². The van der Waals surface area contributed by atoms with Gasteiger partial charge in [0, 0.05) is 17.6 Å². The Kier molecular flexibility index (Phi) is 4.44. The molecule has 6 heteroatoms. The van der Waals surface area contributed by atoms with Crippen LogP contribution in [0.15, 0.2) is 42.6 Å². The van der Waals surface area contributed by atoms with Crippen LogP contribution in [0.1, 0.15) is 18.4 Å². The Morgan fingerprint density at radius 1 is 1.18 bits per heavy atom. The molecule has 0 unspecified atom stereocenters. The average molecular weight is 317 g/mol. The molecule has 1 aliphatic rings. The van der Waals surface area contributed by atoms with Crippen LogP contribution in [0.4, 0.5) is 16.3 Å². The average Bonchev–Trinajstić information content (AvgIpc) is 3.32. The highest BCUT2D eigenvalue weighted by Crippen LogP contribution is 2.19. The van der Waals surface area contributed by atoms with Crippen LogP contribution in [0.3, 0.4) is 0 Å². The third-order valence-electron chi connectivity index (χ3n) is 3.32. The lowest BCUT2D eigenvalue weighted by Gasteiger charge is -2.08. The zero-order chi connectivity index (χ0) is 15.4. The summed E-state index contributed by atoms with van der Waals surface area (Å²) < 4.78 is 0. The fourth-order valence-electron chi connectivity index (χ4n) is 1.95. The molecule has 2 amide bonds. The topological polar surface area (TPSA) is 66.0 Å². The summed E-state index contributed by atoms with van der Waals surface area (Å²) in [7, 11) is 0. The maximum absolute atomic E-state index is 11.6. The highest BCUT2D eigenvalue weighted by atomic mass is 35.5. The van der Waals surface area contributed by atoms with E-state index in [1.807, 2.05) is 36.4 Å². The van der Waals surface area contributed by atoms with Crippen LogP contribution < -0.4 is 16.0 Å². The molecule has 1 aromatic heterocycles. The second kappa shape index (κ2) is 6.66. The van der Waals surface area contributed by atoms with Gasteiger partial charge in [-0.1, -0.05) is 23.7 Å². The number of hydrogen-bond donors (Lipinski definition) is 3. The normalized spacial score (nSPS) is 13.5. The Balaban J connectivity index is 1.50. The summed E-state index contributed by atoms with van der Waals surface area (Å²) in [5, 5.41) is 9.57. The maximum atomic E-state index is 11.6. The lowest BCUT2D eigenvalue weighted by Crippen LogP contribution is -2.30. The van der Waals surface area contributed by atoms with E-state index in [2.05, 4.69) is 20.9 Å². The van der Waals surface area contributed by atoms with Crippen LogP contribution in [0.5, 0.6) is 0 Å². The Morgan fingerprint density at radius 2 is 1.95 bits per heavy atom. The van der Waals surface area contributed by atoms with Crippen molar-refractivity contribution in [2.75, 3.05) is 10.6 Å². The van der Waals surface area contributed by atoms with Crippen molar-refractivity contribution < 1.29 is 4.79 Å². The number of pyridine rings is 1. The number of nitrogens with one attached hydrogen (secondary N) is 3. The van der Waals surface area contributed by atoms with E-state index in [9.17, 15) is 4.79 Å². The molecule has 1 saturated carbocycles. The smallest absolute Gasteiger partial charge is 0.319 e. The fraction of sp³-hybridized carbons (Fsp3) is 0.250. The number of hydrogen-bond acceptors (Lipinski definition) is 3. The Bertz CT molecular complexity index is 638. The zero-order valence-electron chi connectivity index (χ0n) is 12.0. The van der Waals surface area contributed by atoms with Crippen LogP contribution in [0.2, 0.25) is 5.02 Å². The van der Waals surface area contributed by atoms with Crippen molar-refractivity contribution in [3.63, 3.8) is 0 Å². The molecule has 0 spiro atoms. The van der Waals surface area contributed by atoms with Gasteiger partial charge in [0.25, 0.3) is 0 Å². The molecule has 22 heavy (non-hydrogen) atoms. The SMILES string of the molecule is O=C(Nc1ccc(NCc2ccc(Cl)cc2)nc1)NC1CC1. The number of amides is 2. The lowest BCUT2D eigenvalue weighted by molar-refractivity contribution is 0.251. The fourth-order valence-corrected chi connectivity index (χ4v) is 2.07. The van der Waals surface area contributed by atoms with E-state index >= 15 is 0 Å². The van der Waals surface area contributed by atoms with E-state index in [0.29, 0.717) is 18.3 Å². The Hall–Kier alpha value is -2.27. The Morgan fingerprint density at radius 3 is 2.59 bits per heavy atom. The van der Waals surface area contributed by atoms with E-state index in [0.717, 1.165) is 29.2 Å². The van der Waals surface area contributed by atoms with Crippen LogP contribution in [-0.4, -0.2) is 17.1 Å². The minimum absolute atomic E-state index is 0.175. The summed E-state index contributed by atoms with van der Waals surface area (Å²) in [4.78, 5) is 15.9. The number of benzene rings is 1. The van der Waals surface area contributed by atoms with Crippen molar-refractivity contribution in [1.29, 1.82) is 0 Å². The standard InChI is InChI=1S/C16H17ClN4O/c17-12-3-1-11(2-4-12)9-18-15-8-7-14(10-19-15)21-16(22)20-13-5-6-13/h1-4,7-8,10,13H,5-6,9H2,(H,18,19)(H2,20,21,22). The first-order valence-corrected chi connectivity index (χ1v) is 7.59. The first-order valence-electron chi connectivity index (χ1n) is 7.21. The van der Waals surface area contributed by atoms with Gasteiger partial charge in [-0.15, -0.1) is 0 Å². The summed E-state index contributed by atoms with van der Waals surface area (Å²) in [6.45, 7) is 0.666. The Labute approximate surface area is 134 Å². The molecule has 1 heterocycles. The van der Waals surface area contributed by atoms with Gasteiger partial charge in [0.15, 0.2) is 0 Å².